The maximum atomic E-state index is 12.2. The van der Waals surface area contributed by atoms with Gasteiger partial charge in [0.15, 0.2) is 0 Å². The highest BCUT2D eigenvalue weighted by atomic mass is 35.5. The van der Waals surface area contributed by atoms with Crippen LogP contribution in [0.2, 0.25) is 5.02 Å². The fraction of sp³-hybridized carbons (Fsp3) is 0.421. The van der Waals surface area contributed by atoms with Crippen molar-refractivity contribution in [2.45, 2.75) is 24.8 Å². The molecule has 0 spiro atoms. The van der Waals surface area contributed by atoms with Crippen molar-refractivity contribution in [3.63, 3.8) is 0 Å². The first-order chi connectivity index (χ1) is 13.0. The van der Waals surface area contributed by atoms with E-state index in [2.05, 4.69) is 27.1 Å². The molecule has 0 unspecified atom stereocenters. The van der Waals surface area contributed by atoms with Crippen LogP contribution in [0.15, 0.2) is 35.6 Å². The highest BCUT2D eigenvalue weighted by Gasteiger charge is 2.18. The van der Waals surface area contributed by atoms with Crippen LogP contribution < -0.4 is 15.0 Å². The number of nitrogens with zero attached hydrogens (tertiary/aromatic N) is 3. The zero-order valence-electron chi connectivity index (χ0n) is 15.4. The number of hydrogen-bond acceptors (Lipinski definition) is 6. The number of benzene rings is 1. The SMILES string of the molecule is COc1ccc(NC(=O)CSc2cc(N3CCC[C@@H](C)C3)ncn2)cc1Cl. The molecule has 8 heteroatoms. The zero-order chi connectivity index (χ0) is 19.2. The van der Waals surface area contributed by atoms with Gasteiger partial charge in [0.2, 0.25) is 5.91 Å². The Morgan fingerprint density at radius 2 is 2.26 bits per heavy atom. The number of nitrogens with one attached hydrogen (secondary N) is 1. The first-order valence-electron chi connectivity index (χ1n) is 8.88. The zero-order valence-corrected chi connectivity index (χ0v) is 17.0. The van der Waals surface area contributed by atoms with E-state index >= 15 is 0 Å². The van der Waals surface area contributed by atoms with Gasteiger partial charge >= 0.3 is 0 Å². The van der Waals surface area contributed by atoms with Crippen LogP contribution in [0.4, 0.5) is 11.5 Å². The van der Waals surface area contributed by atoms with Gasteiger partial charge < -0.3 is 15.0 Å². The number of amides is 1. The van der Waals surface area contributed by atoms with E-state index in [0.29, 0.717) is 22.4 Å². The minimum Gasteiger partial charge on any atom is -0.495 e. The highest BCUT2D eigenvalue weighted by Crippen LogP contribution is 2.28. The van der Waals surface area contributed by atoms with Crippen molar-refractivity contribution in [1.82, 2.24) is 9.97 Å². The normalized spacial score (nSPS) is 16.9. The summed E-state index contributed by atoms with van der Waals surface area (Å²) < 4.78 is 5.11. The second-order valence-electron chi connectivity index (χ2n) is 6.59. The van der Waals surface area contributed by atoms with Gasteiger partial charge in [-0.3, -0.25) is 4.79 Å². The van der Waals surface area contributed by atoms with Crippen LogP contribution in [0, 0.1) is 5.92 Å². The van der Waals surface area contributed by atoms with E-state index in [4.69, 9.17) is 16.3 Å². The number of carbonyl (C=O) groups excluding carboxylic acids is 1. The summed E-state index contributed by atoms with van der Waals surface area (Å²) in [6.45, 7) is 4.29. The molecule has 1 aromatic carbocycles. The number of halogens is 1. The van der Waals surface area contributed by atoms with Gasteiger partial charge in [-0.2, -0.15) is 0 Å². The van der Waals surface area contributed by atoms with E-state index in [0.717, 1.165) is 23.9 Å². The number of anilines is 2. The predicted molar refractivity (Wildman–Crippen MR) is 110 cm³/mol. The molecule has 1 fully saturated rings. The van der Waals surface area contributed by atoms with Crippen molar-refractivity contribution < 1.29 is 9.53 Å². The molecule has 3 rings (SSSR count). The van der Waals surface area contributed by atoms with E-state index in [-0.39, 0.29) is 11.7 Å². The lowest BCUT2D eigenvalue weighted by atomic mass is 10.0. The maximum Gasteiger partial charge on any atom is 0.234 e. The Labute approximate surface area is 168 Å². The quantitative estimate of drug-likeness (QED) is 0.575. The second-order valence-corrected chi connectivity index (χ2v) is 8.00. The Morgan fingerprint density at radius 3 is 3.00 bits per heavy atom. The largest absolute Gasteiger partial charge is 0.495 e. The Bertz CT molecular complexity index is 805. The Balaban J connectivity index is 1.55. The average molecular weight is 407 g/mol. The third-order valence-corrected chi connectivity index (χ3v) is 5.62. The van der Waals surface area contributed by atoms with Crippen LogP contribution in [-0.2, 0) is 4.79 Å². The summed E-state index contributed by atoms with van der Waals surface area (Å²) in [6.07, 6.45) is 4.01. The standard InChI is InChI=1S/C19H23ClN4O2S/c1-13-4-3-7-24(10-13)17-9-19(22-12-21-17)27-11-18(25)23-14-5-6-16(26-2)15(20)8-14/h5-6,8-9,12-13H,3-4,7,10-11H2,1-2H3,(H,23,25)/t13-/m1/s1. The molecule has 144 valence electrons. The van der Waals surface area contributed by atoms with Crippen molar-refractivity contribution >= 4 is 40.8 Å². The molecule has 1 amide bonds. The number of thioether (sulfide) groups is 1. The number of piperidine rings is 1. The Kier molecular flexibility index (Phi) is 6.79. The summed E-state index contributed by atoms with van der Waals surface area (Å²) in [7, 11) is 1.55. The van der Waals surface area contributed by atoms with Crippen LogP contribution in [0.1, 0.15) is 19.8 Å². The first kappa shape index (κ1) is 19.8. The van der Waals surface area contributed by atoms with Crippen molar-refractivity contribution in [3.8, 4) is 5.75 Å². The molecule has 27 heavy (non-hydrogen) atoms. The first-order valence-corrected chi connectivity index (χ1v) is 10.2. The number of carbonyl (C=O) groups is 1. The molecule has 0 aliphatic carbocycles. The molecule has 1 N–H and O–H groups in total. The molecular weight excluding hydrogens is 384 g/mol. The third kappa shape index (κ3) is 5.49. The molecule has 2 aromatic rings. The number of ether oxygens (including phenoxy) is 1. The lowest BCUT2D eigenvalue weighted by Crippen LogP contribution is -2.34. The maximum absolute atomic E-state index is 12.2. The van der Waals surface area contributed by atoms with Crippen LogP contribution in [-0.4, -0.2) is 41.8 Å². The van der Waals surface area contributed by atoms with Crippen molar-refractivity contribution in [1.29, 1.82) is 0 Å². The molecule has 6 nitrogen and oxygen atoms in total. The van der Waals surface area contributed by atoms with Gasteiger partial charge in [0.05, 0.1) is 17.9 Å². The van der Waals surface area contributed by atoms with Gasteiger partial charge in [-0.15, -0.1) is 0 Å². The van der Waals surface area contributed by atoms with Crippen LogP contribution >= 0.6 is 23.4 Å². The lowest BCUT2D eigenvalue weighted by molar-refractivity contribution is -0.113. The number of rotatable bonds is 6. The number of aromatic nitrogens is 2. The molecule has 2 heterocycles. The molecular formula is C19H23ClN4O2S. The third-order valence-electron chi connectivity index (χ3n) is 4.40. The van der Waals surface area contributed by atoms with Crippen LogP contribution in [0.3, 0.4) is 0 Å². The fourth-order valence-electron chi connectivity index (χ4n) is 3.06. The van der Waals surface area contributed by atoms with Crippen LogP contribution in [0.5, 0.6) is 5.75 Å². The second kappa shape index (κ2) is 9.28. The van der Waals surface area contributed by atoms with Crippen molar-refractivity contribution in [3.05, 3.63) is 35.6 Å². The van der Waals surface area contributed by atoms with Crippen LogP contribution in [0.25, 0.3) is 0 Å². The summed E-state index contributed by atoms with van der Waals surface area (Å²) in [6, 6.07) is 7.11. The molecule has 1 aromatic heterocycles. The lowest BCUT2D eigenvalue weighted by Gasteiger charge is -2.31. The minimum absolute atomic E-state index is 0.118. The predicted octanol–water partition coefficient (Wildman–Crippen LogP) is 4.11. The number of methoxy groups -OCH3 is 1. The number of hydrogen-bond donors (Lipinski definition) is 1. The van der Waals surface area contributed by atoms with Gasteiger partial charge in [-0.1, -0.05) is 30.3 Å². The van der Waals surface area contributed by atoms with Gasteiger partial charge in [-0.25, -0.2) is 9.97 Å². The molecule has 0 radical (unpaired) electrons. The summed E-state index contributed by atoms with van der Waals surface area (Å²) >= 11 is 7.48. The average Bonchev–Trinajstić information content (AvgIpc) is 2.67. The molecule has 1 aliphatic heterocycles. The van der Waals surface area contributed by atoms with E-state index in [1.165, 1.54) is 24.6 Å². The van der Waals surface area contributed by atoms with E-state index in [1.54, 1.807) is 31.6 Å². The Morgan fingerprint density at radius 1 is 1.41 bits per heavy atom. The monoisotopic (exact) mass is 406 g/mol. The van der Waals surface area contributed by atoms with Gasteiger partial charge in [0.25, 0.3) is 0 Å². The molecule has 1 aliphatic rings. The van der Waals surface area contributed by atoms with E-state index in [9.17, 15) is 4.79 Å². The summed E-state index contributed by atoms with van der Waals surface area (Å²) in [5.74, 6) is 2.32. The topological polar surface area (TPSA) is 67.3 Å². The molecule has 0 saturated carbocycles. The molecule has 0 bridgehead atoms. The molecule has 1 saturated heterocycles. The highest BCUT2D eigenvalue weighted by molar-refractivity contribution is 7.99. The molecule has 1 atom stereocenters. The van der Waals surface area contributed by atoms with E-state index < -0.39 is 0 Å². The van der Waals surface area contributed by atoms with Crippen molar-refractivity contribution in [2.75, 3.05) is 36.2 Å². The van der Waals surface area contributed by atoms with Gasteiger partial charge in [0.1, 0.15) is 22.9 Å². The summed E-state index contributed by atoms with van der Waals surface area (Å²) in [4.78, 5) is 23.2. The summed E-state index contributed by atoms with van der Waals surface area (Å²) in [5.41, 5.74) is 0.636. The fourth-order valence-corrected chi connectivity index (χ4v) is 3.98. The Hall–Kier alpha value is -1.99. The van der Waals surface area contributed by atoms with Gasteiger partial charge in [0, 0.05) is 24.8 Å². The smallest absolute Gasteiger partial charge is 0.234 e. The van der Waals surface area contributed by atoms with Crippen molar-refractivity contribution in [2.24, 2.45) is 5.92 Å². The minimum atomic E-state index is -0.118. The summed E-state index contributed by atoms with van der Waals surface area (Å²) in [5, 5.41) is 4.08. The van der Waals surface area contributed by atoms with Gasteiger partial charge in [-0.05, 0) is 37.0 Å². The van der Waals surface area contributed by atoms with E-state index in [1.807, 2.05) is 6.07 Å².